The van der Waals surface area contributed by atoms with Crippen LogP contribution in [0, 0.1) is 0 Å². The van der Waals surface area contributed by atoms with Gasteiger partial charge in [-0.2, -0.15) is 0 Å². The number of carbonyl (C=O) groups excluding carboxylic acids is 5. The van der Waals surface area contributed by atoms with Gasteiger partial charge < -0.3 is 27.8 Å². The third-order valence-electron chi connectivity index (χ3n) is 2.89. The summed E-state index contributed by atoms with van der Waals surface area (Å²) in [5.41, 5.74) is 15.3. The molecule has 0 saturated heterocycles. The van der Waals surface area contributed by atoms with Gasteiger partial charge in [-0.15, -0.1) is 0 Å². The first kappa shape index (κ1) is 20.3. The van der Waals surface area contributed by atoms with Crippen LogP contribution < -0.4 is 27.8 Å². The summed E-state index contributed by atoms with van der Waals surface area (Å²) in [5, 5.41) is 4.47. The molecule has 0 spiro atoms. The van der Waals surface area contributed by atoms with E-state index in [2.05, 4.69) is 10.6 Å². The van der Waals surface area contributed by atoms with Crippen LogP contribution >= 0.6 is 0 Å². The van der Waals surface area contributed by atoms with Gasteiger partial charge in [0.1, 0.15) is 12.1 Å². The first-order valence-electron chi connectivity index (χ1n) is 6.69. The molecular weight excluding hydrogens is 308 g/mol. The molecule has 3 atom stereocenters. The Kier molecular flexibility index (Phi) is 7.66. The van der Waals surface area contributed by atoms with Gasteiger partial charge in [0.2, 0.25) is 17.7 Å². The Hall–Kier alpha value is -2.69. The normalized spacial score (nSPS) is 14.1. The molecule has 11 nitrogen and oxygen atoms in total. The number of carbonyl (C=O) groups is 5. The van der Waals surface area contributed by atoms with Crippen LogP contribution in [0.15, 0.2) is 0 Å². The molecule has 0 bridgehead atoms. The summed E-state index contributed by atoms with van der Waals surface area (Å²) in [5.74, 6) is -3.04. The van der Waals surface area contributed by atoms with Gasteiger partial charge in [0.25, 0.3) is 5.91 Å². The van der Waals surface area contributed by atoms with E-state index >= 15 is 0 Å². The second-order valence-electron chi connectivity index (χ2n) is 4.98. The molecule has 0 saturated carbocycles. The zero-order chi connectivity index (χ0) is 18.3. The lowest BCUT2D eigenvalue weighted by atomic mass is 10.2. The highest BCUT2D eigenvalue weighted by atomic mass is 16.2. The molecule has 0 aliphatic carbocycles. The Morgan fingerprint density at radius 2 is 1.52 bits per heavy atom. The number of hydrogen-bond donors (Lipinski definition) is 5. The summed E-state index contributed by atoms with van der Waals surface area (Å²) in [6.45, 7) is 2.69. The molecule has 0 rings (SSSR count). The van der Waals surface area contributed by atoms with Crippen molar-refractivity contribution >= 4 is 29.7 Å². The number of imide groups is 1. The number of urea groups is 1. The van der Waals surface area contributed by atoms with E-state index in [-0.39, 0.29) is 6.42 Å². The molecule has 23 heavy (non-hydrogen) atoms. The molecule has 6 amide bonds. The van der Waals surface area contributed by atoms with E-state index in [1.807, 2.05) is 0 Å². The molecule has 0 aliphatic heterocycles. The fraction of sp³-hybridized carbons (Fsp3) is 0.583. The van der Waals surface area contributed by atoms with Crippen LogP contribution in [0.25, 0.3) is 0 Å². The highest BCUT2D eigenvalue weighted by Gasteiger charge is 2.27. The van der Waals surface area contributed by atoms with Gasteiger partial charge >= 0.3 is 6.03 Å². The van der Waals surface area contributed by atoms with Gasteiger partial charge in [-0.05, 0) is 13.8 Å². The van der Waals surface area contributed by atoms with Crippen LogP contribution in [0.4, 0.5) is 4.79 Å². The van der Waals surface area contributed by atoms with Crippen LogP contribution in [0.2, 0.25) is 0 Å². The minimum Gasteiger partial charge on any atom is -0.370 e. The van der Waals surface area contributed by atoms with Gasteiger partial charge in [0.05, 0.1) is 12.5 Å². The smallest absolute Gasteiger partial charge is 0.324 e. The second-order valence-corrected chi connectivity index (χ2v) is 4.98. The van der Waals surface area contributed by atoms with Crippen molar-refractivity contribution in [3.05, 3.63) is 0 Å². The summed E-state index contributed by atoms with van der Waals surface area (Å²) in [6.07, 6.45) is -0.376. The van der Waals surface area contributed by atoms with Crippen molar-refractivity contribution in [1.82, 2.24) is 15.5 Å². The SMILES string of the molecule is CC(NC(=O)[C@@H](N)CC(N)=O)C(=O)N(C)C(=O)N[C@@H](C)C(N)=O. The lowest BCUT2D eigenvalue weighted by Crippen LogP contribution is -2.55. The number of nitrogens with one attached hydrogen (secondary N) is 2. The first-order valence-corrected chi connectivity index (χ1v) is 6.69. The molecule has 1 unspecified atom stereocenters. The third kappa shape index (κ3) is 6.74. The minimum absolute atomic E-state index is 0.376. The summed E-state index contributed by atoms with van der Waals surface area (Å²) in [4.78, 5) is 57.7. The standard InChI is InChI=1S/C12H22N6O5/c1-5(9(15)20)17-12(23)18(3)11(22)6(2)16-10(21)7(13)4-8(14)19/h5-7H,4,13H2,1-3H3,(H2,14,19)(H2,15,20)(H,16,21)(H,17,23)/t5-,6?,7-/m0/s1. The highest BCUT2D eigenvalue weighted by Crippen LogP contribution is 1.96. The summed E-state index contributed by atoms with van der Waals surface area (Å²) in [7, 11) is 1.16. The Bertz CT molecular complexity index is 508. The lowest BCUT2D eigenvalue weighted by molar-refractivity contribution is -0.133. The van der Waals surface area contributed by atoms with Crippen molar-refractivity contribution in [3.63, 3.8) is 0 Å². The van der Waals surface area contributed by atoms with Crippen LogP contribution in [0.5, 0.6) is 0 Å². The Balaban J connectivity index is 4.63. The van der Waals surface area contributed by atoms with Crippen molar-refractivity contribution in [1.29, 1.82) is 0 Å². The highest BCUT2D eigenvalue weighted by molar-refractivity contribution is 6.00. The minimum atomic E-state index is -1.20. The summed E-state index contributed by atoms with van der Waals surface area (Å²) in [6, 6.07) is -4.10. The number of nitrogens with two attached hydrogens (primary N) is 3. The largest absolute Gasteiger partial charge is 0.370 e. The van der Waals surface area contributed by atoms with Gasteiger partial charge in [-0.3, -0.25) is 24.1 Å². The molecule has 8 N–H and O–H groups in total. The van der Waals surface area contributed by atoms with E-state index in [9.17, 15) is 24.0 Å². The van der Waals surface area contributed by atoms with Crippen molar-refractivity contribution in [3.8, 4) is 0 Å². The predicted molar refractivity (Wildman–Crippen MR) is 79.3 cm³/mol. The van der Waals surface area contributed by atoms with Crippen molar-refractivity contribution in [2.75, 3.05) is 7.05 Å². The van der Waals surface area contributed by atoms with E-state index in [0.717, 1.165) is 7.05 Å². The lowest BCUT2D eigenvalue weighted by Gasteiger charge is -2.23. The molecule has 130 valence electrons. The Morgan fingerprint density at radius 3 is 1.96 bits per heavy atom. The van der Waals surface area contributed by atoms with Crippen molar-refractivity contribution in [2.24, 2.45) is 17.2 Å². The zero-order valence-corrected chi connectivity index (χ0v) is 13.2. The molecule has 0 aromatic rings. The molecule has 0 aromatic heterocycles. The fourth-order valence-electron chi connectivity index (χ4n) is 1.44. The maximum absolute atomic E-state index is 12.0. The van der Waals surface area contributed by atoms with E-state index in [4.69, 9.17) is 17.2 Å². The van der Waals surface area contributed by atoms with Crippen molar-refractivity contribution in [2.45, 2.75) is 38.4 Å². The maximum atomic E-state index is 12.0. The second kappa shape index (κ2) is 8.68. The number of likely N-dealkylation sites (N-methyl/N-ethyl adjacent to an activating group) is 1. The molecule has 0 fully saturated rings. The van der Waals surface area contributed by atoms with E-state index in [1.54, 1.807) is 0 Å². The number of rotatable bonds is 7. The zero-order valence-electron chi connectivity index (χ0n) is 13.2. The Labute approximate surface area is 132 Å². The summed E-state index contributed by atoms with van der Waals surface area (Å²) < 4.78 is 0. The van der Waals surface area contributed by atoms with Crippen molar-refractivity contribution < 1.29 is 24.0 Å². The molecule has 0 heterocycles. The number of amides is 6. The van der Waals surface area contributed by atoms with Gasteiger partial charge in [-0.1, -0.05) is 0 Å². The molecule has 0 radical (unpaired) electrons. The van der Waals surface area contributed by atoms with Crippen LogP contribution in [0.1, 0.15) is 20.3 Å². The molecule has 0 aromatic carbocycles. The van der Waals surface area contributed by atoms with Gasteiger partial charge in [0, 0.05) is 7.05 Å². The van der Waals surface area contributed by atoms with Crippen LogP contribution in [0.3, 0.4) is 0 Å². The van der Waals surface area contributed by atoms with E-state index < -0.39 is 47.8 Å². The molecule has 11 heteroatoms. The predicted octanol–water partition coefficient (Wildman–Crippen LogP) is -3.26. The quantitative estimate of drug-likeness (QED) is 0.325. The van der Waals surface area contributed by atoms with Crippen LogP contribution in [-0.4, -0.2) is 59.7 Å². The molecular formula is C12H22N6O5. The number of hydrogen-bond acceptors (Lipinski definition) is 6. The fourth-order valence-corrected chi connectivity index (χ4v) is 1.44. The first-order chi connectivity index (χ1) is 10.5. The number of primary amides is 2. The monoisotopic (exact) mass is 330 g/mol. The number of nitrogens with zero attached hydrogens (tertiary/aromatic N) is 1. The maximum Gasteiger partial charge on any atom is 0.324 e. The van der Waals surface area contributed by atoms with E-state index in [1.165, 1.54) is 13.8 Å². The molecule has 0 aliphatic rings. The van der Waals surface area contributed by atoms with Gasteiger partial charge in [0.15, 0.2) is 0 Å². The van der Waals surface area contributed by atoms with Gasteiger partial charge in [-0.25, -0.2) is 4.79 Å². The average Bonchev–Trinajstić information content (AvgIpc) is 2.44. The van der Waals surface area contributed by atoms with Crippen LogP contribution in [-0.2, 0) is 19.2 Å². The topological polar surface area (TPSA) is 191 Å². The van der Waals surface area contributed by atoms with E-state index in [0.29, 0.717) is 4.90 Å². The average molecular weight is 330 g/mol. The third-order valence-corrected chi connectivity index (χ3v) is 2.89. The Morgan fingerprint density at radius 1 is 1.00 bits per heavy atom. The summed E-state index contributed by atoms with van der Waals surface area (Å²) >= 11 is 0.